The van der Waals surface area contributed by atoms with Gasteiger partial charge >= 0.3 is 0 Å². The Morgan fingerprint density at radius 3 is 2.63 bits per heavy atom. The Bertz CT molecular complexity index is 1050. The molecule has 0 unspecified atom stereocenters. The topological polar surface area (TPSA) is 84.9 Å². The van der Waals surface area contributed by atoms with Gasteiger partial charge in [0.15, 0.2) is 11.5 Å². The number of benzene rings is 2. The molecule has 1 fully saturated rings. The molecular weight excluding hydrogens is 428 g/mol. The first-order chi connectivity index (χ1) is 14.3. The zero-order chi connectivity index (χ0) is 21.8. The van der Waals surface area contributed by atoms with Gasteiger partial charge in [-0.25, -0.2) is 0 Å². The van der Waals surface area contributed by atoms with Crippen molar-refractivity contribution in [3.05, 3.63) is 57.5 Å². The molecule has 3 amide bonds. The van der Waals surface area contributed by atoms with Crippen molar-refractivity contribution in [1.29, 1.82) is 0 Å². The molecule has 0 bridgehead atoms. The highest BCUT2D eigenvalue weighted by Gasteiger charge is 2.36. The lowest BCUT2D eigenvalue weighted by molar-refractivity contribution is -0.127. The maximum atomic E-state index is 12.7. The molecule has 156 valence electrons. The third kappa shape index (κ3) is 4.77. The summed E-state index contributed by atoms with van der Waals surface area (Å²) < 4.78 is 10.4. The fourth-order valence-corrected chi connectivity index (χ4v) is 4.01. The Morgan fingerprint density at radius 2 is 1.97 bits per heavy atom. The highest BCUT2D eigenvalue weighted by Crippen LogP contribution is 2.38. The normalized spacial score (nSPS) is 14.9. The minimum Gasteiger partial charge on any atom is -0.493 e. The Morgan fingerprint density at radius 1 is 1.20 bits per heavy atom. The fraction of sp³-hybridized carbons (Fsp3) is 0.190. The second kappa shape index (κ2) is 9.23. The molecule has 0 atom stereocenters. The number of aryl methyl sites for hydroxylation is 1. The van der Waals surface area contributed by atoms with Gasteiger partial charge in [-0.1, -0.05) is 23.7 Å². The van der Waals surface area contributed by atoms with Gasteiger partial charge in [-0.15, -0.1) is 0 Å². The van der Waals surface area contributed by atoms with Crippen molar-refractivity contribution in [2.24, 2.45) is 0 Å². The summed E-state index contributed by atoms with van der Waals surface area (Å²) in [7, 11) is 2.94. The van der Waals surface area contributed by atoms with Crippen molar-refractivity contribution < 1.29 is 23.9 Å². The Balaban J connectivity index is 1.76. The lowest BCUT2D eigenvalue weighted by Gasteiger charge is -2.13. The van der Waals surface area contributed by atoms with E-state index in [4.69, 9.17) is 21.1 Å². The number of thioether (sulfide) groups is 1. The van der Waals surface area contributed by atoms with E-state index in [1.165, 1.54) is 20.3 Å². The molecule has 1 aliphatic heterocycles. The fourth-order valence-electron chi connectivity index (χ4n) is 2.88. The number of nitrogens with one attached hydrogen (secondary N) is 1. The van der Waals surface area contributed by atoms with Gasteiger partial charge in [0.2, 0.25) is 5.91 Å². The minimum atomic E-state index is -0.546. The van der Waals surface area contributed by atoms with Crippen molar-refractivity contribution in [2.75, 3.05) is 26.1 Å². The van der Waals surface area contributed by atoms with Crippen LogP contribution in [0.5, 0.6) is 11.5 Å². The first kappa shape index (κ1) is 21.7. The molecule has 0 radical (unpaired) electrons. The maximum Gasteiger partial charge on any atom is 0.294 e. The molecule has 3 rings (SSSR count). The average Bonchev–Trinajstić information content (AvgIpc) is 2.94. The molecule has 2 aromatic rings. The van der Waals surface area contributed by atoms with Gasteiger partial charge in [-0.2, -0.15) is 0 Å². The lowest BCUT2D eigenvalue weighted by Crippen LogP contribution is -2.36. The van der Waals surface area contributed by atoms with Gasteiger partial charge in [0.05, 0.1) is 24.1 Å². The number of methoxy groups -OCH3 is 2. The summed E-state index contributed by atoms with van der Waals surface area (Å²) in [6, 6.07) is 10.5. The van der Waals surface area contributed by atoms with E-state index in [9.17, 15) is 14.4 Å². The van der Waals surface area contributed by atoms with Crippen molar-refractivity contribution in [2.45, 2.75) is 6.92 Å². The van der Waals surface area contributed by atoms with Crippen molar-refractivity contribution in [3.8, 4) is 11.5 Å². The van der Waals surface area contributed by atoms with E-state index in [-0.39, 0.29) is 11.4 Å². The molecule has 1 aliphatic rings. The molecule has 1 heterocycles. The lowest BCUT2D eigenvalue weighted by atomic mass is 10.2. The average molecular weight is 447 g/mol. The number of rotatable bonds is 6. The summed E-state index contributed by atoms with van der Waals surface area (Å²) in [4.78, 5) is 38.4. The molecule has 1 saturated heterocycles. The van der Waals surface area contributed by atoms with Crippen LogP contribution in [-0.4, -0.2) is 42.7 Å². The summed E-state index contributed by atoms with van der Waals surface area (Å²) in [6.45, 7) is 1.53. The van der Waals surface area contributed by atoms with E-state index in [1.54, 1.807) is 24.3 Å². The number of ether oxygens (including phenoxy) is 2. The van der Waals surface area contributed by atoms with Crippen LogP contribution >= 0.6 is 23.4 Å². The van der Waals surface area contributed by atoms with Gasteiger partial charge in [-0.3, -0.25) is 19.3 Å². The molecule has 9 heteroatoms. The van der Waals surface area contributed by atoms with Crippen LogP contribution in [0.2, 0.25) is 5.02 Å². The van der Waals surface area contributed by atoms with Crippen molar-refractivity contribution in [3.63, 3.8) is 0 Å². The van der Waals surface area contributed by atoms with Crippen LogP contribution in [0.15, 0.2) is 41.3 Å². The second-order valence-corrected chi connectivity index (χ2v) is 7.82. The van der Waals surface area contributed by atoms with E-state index < -0.39 is 17.1 Å². The molecular formula is C21H19ClN2O5S. The molecule has 1 N–H and O–H groups in total. The van der Waals surface area contributed by atoms with E-state index in [1.807, 2.05) is 19.1 Å². The number of amides is 3. The van der Waals surface area contributed by atoms with Gasteiger partial charge in [-0.05, 0) is 60.2 Å². The third-order valence-corrected chi connectivity index (χ3v) is 5.42. The summed E-state index contributed by atoms with van der Waals surface area (Å²) >= 11 is 6.95. The number of hydrogen-bond donors (Lipinski definition) is 1. The minimum absolute atomic E-state index is 0.187. The quantitative estimate of drug-likeness (QED) is 0.664. The largest absolute Gasteiger partial charge is 0.493 e. The van der Waals surface area contributed by atoms with Crippen LogP contribution in [0.25, 0.3) is 6.08 Å². The Labute approximate surface area is 183 Å². The van der Waals surface area contributed by atoms with E-state index in [2.05, 4.69) is 5.32 Å². The number of carbonyl (C=O) groups excluding carboxylic acids is 3. The third-order valence-electron chi connectivity index (χ3n) is 4.23. The summed E-state index contributed by atoms with van der Waals surface area (Å²) in [6.07, 6.45) is 1.53. The van der Waals surface area contributed by atoms with E-state index in [0.29, 0.717) is 27.8 Å². The zero-order valence-corrected chi connectivity index (χ0v) is 18.1. The predicted molar refractivity (Wildman–Crippen MR) is 117 cm³/mol. The van der Waals surface area contributed by atoms with Crippen LogP contribution < -0.4 is 14.8 Å². The second-order valence-electron chi connectivity index (χ2n) is 6.42. The molecule has 30 heavy (non-hydrogen) atoms. The van der Waals surface area contributed by atoms with Gasteiger partial charge < -0.3 is 14.8 Å². The Hall–Kier alpha value is -2.97. The Kier molecular flexibility index (Phi) is 6.69. The molecule has 0 aromatic heterocycles. The van der Waals surface area contributed by atoms with Crippen molar-refractivity contribution >= 4 is 52.2 Å². The summed E-state index contributed by atoms with van der Waals surface area (Å²) in [5.41, 5.74) is 2.14. The van der Waals surface area contributed by atoms with Crippen LogP contribution in [0.1, 0.15) is 11.1 Å². The van der Waals surface area contributed by atoms with Gasteiger partial charge in [0.25, 0.3) is 11.1 Å². The number of halogens is 1. The van der Waals surface area contributed by atoms with Crippen LogP contribution in [0, 0.1) is 6.92 Å². The standard InChI is InChI=1S/C21H19ClN2O5S/c1-12-5-4-6-14(7-12)23-18(25)11-24-20(26)17(30-21(24)27)10-13-8-15(22)19(29-3)16(9-13)28-2/h4-10H,11H2,1-3H3,(H,23,25)/b17-10-. The van der Waals surface area contributed by atoms with E-state index in [0.717, 1.165) is 22.2 Å². The number of imide groups is 1. The van der Waals surface area contributed by atoms with Gasteiger partial charge in [0.1, 0.15) is 6.54 Å². The highest BCUT2D eigenvalue weighted by atomic mass is 35.5. The molecule has 0 saturated carbocycles. The SMILES string of the molecule is COc1cc(/C=C2\SC(=O)N(CC(=O)Nc3cccc(C)c3)C2=O)cc(Cl)c1OC. The van der Waals surface area contributed by atoms with E-state index >= 15 is 0 Å². The summed E-state index contributed by atoms with van der Waals surface area (Å²) in [5, 5.41) is 2.48. The number of hydrogen-bond acceptors (Lipinski definition) is 6. The van der Waals surface area contributed by atoms with Crippen LogP contribution in [0.3, 0.4) is 0 Å². The first-order valence-electron chi connectivity index (χ1n) is 8.85. The van der Waals surface area contributed by atoms with Crippen LogP contribution in [-0.2, 0) is 9.59 Å². The zero-order valence-electron chi connectivity index (χ0n) is 16.5. The van der Waals surface area contributed by atoms with Crippen LogP contribution in [0.4, 0.5) is 10.5 Å². The highest BCUT2D eigenvalue weighted by molar-refractivity contribution is 8.18. The molecule has 2 aromatic carbocycles. The first-order valence-corrected chi connectivity index (χ1v) is 10.0. The molecule has 7 nitrogen and oxygen atoms in total. The molecule has 0 aliphatic carbocycles. The summed E-state index contributed by atoms with van der Waals surface area (Å²) in [5.74, 6) is -0.237. The predicted octanol–water partition coefficient (Wildman–Crippen LogP) is 4.34. The smallest absolute Gasteiger partial charge is 0.294 e. The molecule has 0 spiro atoms. The van der Waals surface area contributed by atoms with Crippen molar-refractivity contribution in [1.82, 2.24) is 4.90 Å². The number of carbonyl (C=O) groups is 3. The van der Waals surface area contributed by atoms with Gasteiger partial charge in [0, 0.05) is 5.69 Å². The number of anilines is 1. The maximum absolute atomic E-state index is 12.7. The monoisotopic (exact) mass is 446 g/mol. The number of nitrogens with zero attached hydrogens (tertiary/aromatic N) is 1.